The average Bonchev–Trinajstić information content (AvgIpc) is 2.53. The van der Waals surface area contributed by atoms with Gasteiger partial charge in [0, 0.05) is 0 Å². The molecule has 0 aliphatic carbocycles. The van der Waals surface area contributed by atoms with Crippen LogP contribution in [0.4, 0.5) is 0 Å². The summed E-state index contributed by atoms with van der Waals surface area (Å²) in [4.78, 5) is 0. The third-order valence-electron chi connectivity index (χ3n) is 3.10. The van der Waals surface area contributed by atoms with Gasteiger partial charge in [0.05, 0.1) is 19.1 Å². The van der Waals surface area contributed by atoms with Crippen molar-refractivity contribution in [1.29, 1.82) is 5.26 Å². The molecule has 0 saturated carbocycles. The van der Waals surface area contributed by atoms with Gasteiger partial charge in [0.2, 0.25) is 0 Å². The minimum absolute atomic E-state index is 0.112. The molecule has 0 saturated heterocycles. The highest BCUT2D eigenvalue weighted by Gasteiger charge is 2.04. The number of ether oxygens (including phenoxy) is 1. The first-order valence-electron chi connectivity index (χ1n) is 6.57. The predicted molar refractivity (Wildman–Crippen MR) is 81.3 cm³/mol. The maximum absolute atomic E-state index is 9.23. The molecule has 0 N–H and O–H groups in total. The molecule has 2 nitrogen and oxygen atoms in total. The van der Waals surface area contributed by atoms with Crippen LogP contribution in [0.15, 0.2) is 60.7 Å². The number of methoxy groups -OCH3 is 1. The van der Waals surface area contributed by atoms with Gasteiger partial charge >= 0.3 is 0 Å². The van der Waals surface area contributed by atoms with Crippen LogP contribution in [0.5, 0.6) is 5.75 Å². The molecule has 0 aromatic heterocycles. The second-order valence-electron chi connectivity index (χ2n) is 4.56. The van der Waals surface area contributed by atoms with Gasteiger partial charge in [-0.3, -0.25) is 0 Å². The molecule has 0 aliphatic rings. The summed E-state index contributed by atoms with van der Waals surface area (Å²) in [6.45, 7) is 0. The number of hydrogen-bond acceptors (Lipinski definition) is 2. The zero-order valence-corrected chi connectivity index (χ0v) is 11.5. The number of benzene rings is 2. The normalized spacial score (nSPS) is 12.0. The summed E-state index contributed by atoms with van der Waals surface area (Å²) < 4.78 is 5.12. The molecule has 0 radical (unpaired) electrons. The van der Waals surface area contributed by atoms with E-state index in [0.717, 1.165) is 17.7 Å². The predicted octanol–water partition coefficient (Wildman–Crippen LogP) is 4.09. The lowest BCUT2D eigenvalue weighted by atomic mass is 9.99. The first-order chi connectivity index (χ1) is 9.81. The van der Waals surface area contributed by atoms with Crippen molar-refractivity contribution in [2.45, 2.75) is 6.42 Å². The molecule has 0 fully saturated rings. The van der Waals surface area contributed by atoms with Crippen molar-refractivity contribution in [2.75, 3.05) is 7.11 Å². The van der Waals surface area contributed by atoms with Gasteiger partial charge in [-0.2, -0.15) is 5.26 Å². The molecule has 0 heterocycles. The molecule has 2 aromatic carbocycles. The lowest BCUT2D eigenvalue weighted by Gasteiger charge is -2.04. The van der Waals surface area contributed by atoms with Gasteiger partial charge in [0.25, 0.3) is 0 Å². The summed E-state index contributed by atoms with van der Waals surface area (Å²) in [5.74, 6) is 0.725. The second kappa shape index (κ2) is 7.16. The SMILES string of the molecule is COc1ccc(/C=C/C(C#N)Cc2ccccc2)cc1. The average molecular weight is 263 g/mol. The van der Waals surface area contributed by atoms with Gasteiger partial charge in [-0.15, -0.1) is 0 Å². The number of rotatable bonds is 5. The van der Waals surface area contributed by atoms with E-state index >= 15 is 0 Å². The third kappa shape index (κ3) is 4.00. The third-order valence-corrected chi connectivity index (χ3v) is 3.10. The van der Waals surface area contributed by atoms with Crippen LogP contribution in [0.2, 0.25) is 0 Å². The number of nitriles is 1. The highest BCUT2D eigenvalue weighted by Crippen LogP contribution is 2.15. The van der Waals surface area contributed by atoms with E-state index in [1.54, 1.807) is 7.11 Å². The number of allylic oxidation sites excluding steroid dienone is 1. The molecule has 1 atom stereocenters. The van der Waals surface area contributed by atoms with Gasteiger partial charge in [0.1, 0.15) is 5.75 Å². The van der Waals surface area contributed by atoms with E-state index in [4.69, 9.17) is 4.74 Å². The van der Waals surface area contributed by atoms with Gasteiger partial charge in [-0.25, -0.2) is 0 Å². The molecule has 2 rings (SSSR count). The summed E-state index contributed by atoms with van der Waals surface area (Å²) in [6.07, 6.45) is 4.68. The molecular weight excluding hydrogens is 246 g/mol. The van der Waals surface area contributed by atoms with E-state index in [-0.39, 0.29) is 5.92 Å². The molecule has 1 unspecified atom stereocenters. The smallest absolute Gasteiger partial charge is 0.118 e. The van der Waals surface area contributed by atoms with Crippen LogP contribution in [-0.2, 0) is 6.42 Å². The van der Waals surface area contributed by atoms with E-state index in [1.165, 1.54) is 5.56 Å². The van der Waals surface area contributed by atoms with Crippen LogP contribution in [-0.4, -0.2) is 7.11 Å². The van der Waals surface area contributed by atoms with Crippen LogP contribution < -0.4 is 4.74 Å². The lowest BCUT2D eigenvalue weighted by molar-refractivity contribution is 0.415. The Hall–Kier alpha value is -2.53. The van der Waals surface area contributed by atoms with E-state index < -0.39 is 0 Å². The van der Waals surface area contributed by atoms with Crippen LogP contribution in [0.25, 0.3) is 6.08 Å². The molecule has 0 bridgehead atoms. The van der Waals surface area contributed by atoms with Crippen molar-refractivity contribution in [2.24, 2.45) is 5.92 Å². The Bertz CT molecular complexity index is 594. The maximum Gasteiger partial charge on any atom is 0.118 e. The molecule has 0 aliphatic heterocycles. The fraction of sp³-hybridized carbons (Fsp3) is 0.167. The van der Waals surface area contributed by atoms with Crippen LogP contribution in [0.1, 0.15) is 11.1 Å². The highest BCUT2D eigenvalue weighted by atomic mass is 16.5. The minimum Gasteiger partial charge on any atom is -0.497 e. The molecule has 100 valence electrons. The van der Waals surface area contributed by atoms with E-state index in [1.807, 2.05) is 66.7 Å². The van der Waals surface area contributed by atoms with Gasteiger partial charge in [-0.1, -0.05) is 54.6 Å². The van der Waals surface area contributed by atoms with E-state index in [2.05, 4.69) is 6.07 Å². The molecule has 0 amide bonds. The summed E-state index contributed by atoms with van der Waals surface area (Å²) in [5, 5.41) is 9.23. The Morgan fingerprint density at radius 3 is 2.40 bits per heavy atom. The van der Waals surface area contributed by atoms with Crippen molar-refractivity contribution in [3.05, 3.63) is 71.8 Å². The topological polar surface area (TPSA) is 33.0 Å². The zero-order valence-electron chi connectivity index (χ0n) is 11.5. The summed E-state index contributed by atoms with van der Waals surface area (Å²) in [6, 6.07) is 20.2. The Morgan fingerprint density at radius 2 is 1.80 bits per heavy atom. The van der Waals surface area contributed by atoms with Crippen molar-refractivity contribution >= 4 is 6.08 Å². The number of hydrogen-bond donors (Lipinski definition) is 0. The zero-order chi connectivity index (χ0) is 14.2. The summed E-state index contributed by atoms with van der Waals surface area (Å²) >= 11 is 0. The molecule has 2 heteroatoms. The molecule has 2 aromatic rings. The van der Waals surface area contributed by atoms with Gasteiger partial charge in [-0.05, 0) is 29.7 Å². The van der Waals surface area contributed by atoms with E-state index in [9.17, 15) is 5.26 Å². The van der Waals surface area contributed by atoms with Crippen LogP contribution >= 0.6 is 0 Å². The van der Waals surface area contributed by atoms with Crippen molar-refractivity contribution in [3.63, 3.8) is 0 Å². The summed E-state index contributed by atoms with van der Waals surface area (Å²) in [5.41, 5.74) is 2.25. The standard InChI is InChI=1S/C18H17NO/c1-20-18-11-9-15(10-12-18)7-8-17(14-19)13-16-5-3-2-4-6-16/h2-12,17H,13H2,1H3/b8-7+. The summed E-state index contributed by atoms with van der Waals surface area (Å²) in [7, 11) is 1.65. The van der Waals surface area contributed by atoms with Crippen LogP contribution in [0.3, 0.4) is 0 Å². The highest BCUT2D eigenvalue weighted by molar-refractivity contribution is 5.51. The van der Waals surface area contributed by atoms with Crippen molar-refractivity contribution < 1.29 is 4.74 Å². The van der Waals surface area contributed by atoms with Gasteiger partial charge < -0.3 is 4.74 Å². The first-order valence-corrected chi connectivity index (χ1v) is 6.57. The largest absolute Gasteiger partial charge is 0.497 e. The second-order valence-corrected chi connectivity index (χ2v) is 4.56. The minimum atomic E-state index is -0.112. The fourth-order valence-corrected chi connectivity index (χ4v) is 1.97. The van der Waals surface area contributed by atoms with Crippen molar-refractivity contribution in [1.82, 2.24) is 0 Å². The molecular formula is C18H17NO. The Kier molecular flexibility index (Phi) is 4.97. The fourth-order valence-electron chi connectivity index (χ4n) is 1.97. The number of nitrogens with zero attached hydrogens (tertiary/aromatic N) is 1. The quantitative estimate of drug-likeness (QED) is 0.814. The first kappa shape index (κ1) is 13.9. The molecule has 0 spiro atoms. The monoisotopic (exact) mass is 263 g/mol. The Morgan fingerprint density at radius 1 is 1.10 bits per heavy atom. The van der Waals surface area contributed by atoms with E-state index in [0.29, 0.717) is 0 Å². The lowest BCUT2D eigenvalue weighted by Crippen LogP contribution is -1.97. The Balaban J connectivity index is 2.02. The Labute approximate surface area is 119 Å². The van der Waals surface area contributed by atoms with Crippen molar-refractivity contribution in [3.8, 4) is 11.8 Å². The van der Waals surface area contributed by atoms with Crippen LogP contribution in [0, 0.1) is 17.2 Å². The molecule has 20 heavy (non-hydrogen) atoms. The maximum atomic E-state index is 9.23. The van der Waals surface area contributed by atoms with Gasteiger partial charge in [0.15, 0.2) is 0 Å².